The highest BCUT2D eigenvalue weighted by molar-refractivity contribution is 5.87. The van der Waals surface area contributed by atoms with E-state index in [1.807, 2.05) is 44.2 Å². The second-order valence-electron chi connectivity index (χ2n) is 6.84. The number of hydrogen-bond acceptors (Lipinski definition) is 2. The number of allylic oxidation sites excluding steroid dienone is 2. The summed E-state index contributed by atoms with van der Waals surface area (Å²) in [7, 11) is 0. The third-order valence-electron chi connectivity index (χ3n) is 5.32. The minimum Gasteiger partial charge on any atom is -0.481 e. The minimum atomic E-state index is -0.837. The normalized spacial score (nSPS) is 28.7. The Morgan fingerprint density at radius 3 is 2.26 bits per heavy atom. The zero-order valence-electron chi connectivity index (χ0n) is 13.6. The average Bonchev–Trinajstić information content (AvgIpc) is 3.09. The van der Waals surface area contributed by atoms with Crippen molar-refractivity contribution in [3.8, 4) is 0 Å². The first-order chi connectivity index (χ1) is 11.0. The number of nitrogens with one attached hydrogen (secondary N) is 1. The quantitative estimate of drug-likeness (QED) is 0.840. The molecule has 0 radical (unpaired) electrons. The molecule has 4 atom stereocenters. The van der Waals surface area contributed by atoms with Crippen molar-refractivity contribution in [2.75, 3.05) is 0 Å². The van der Waals surface area contributed by atoms with Gasteiger partial charge >= 0.3 is 5.97 Å². The van der Waals surface area contributed by atoms with Crippen LogP contribution in [0, 0.1) is 23.7 Å². The molecule has 2 aliphatic carbocycles. The van der Waals surface area contributed by atoms with E-state index in [4.69, 9.17) is 0 Å². The third-order valence-corrected chi connectivity index (χ3v) is 5.32. The lowest BCUT2D eigenvalue weighted by atomic mass is 9.78. The van der Waals surface area contributed by atoms with Crippen LogP contribution in [0.2, 0.25) is 0 Å². The summed E-state index contributed by atoms with van der Waals surface area (Å²) in [5.74, 6) is -1.82. The summed E-state index contributed by atoms with van der Waals surface area (Å²) in [5.41, 5.74) is 3.43. The molecule has 1 amide bonds. The Bertz CT molecular complexity index is 646. The molecule has 2 bridgehead atoms. The van der Waals surface area contributed by atoms with Crippen LogP contribution in [-0.4, -0.2) is 17.0 Å². The van der Waals surface area contributed by atoms with Crippen molar-refractivity contribution < 1.29 is 14.7 Å². The molecule has 4 nitrogen and oxygen atoms in total. The van der Waals surface area contributed by atoms with Gasteiger partial charge in [0.15, 0.2) is 0 Å². The summed E-state index contributed by atoms with van der Waals surface area (Å²) in [6.07, 6.45) is 1.82. The standard InChI is InChI=1S/C19H23NO3/c1-11(2)15-13-8-9-14(15)17(19(22)23)16(13)18(21)20-10-12-6-4-3-5-7-12/h3-7,13-14,16-17H,8-10H2,1-2H3,(H,20,21)(H,22,23)/t13-,14+,16-,17+/m1/s1. The van der Waals surface area contributed by atoms with Gasteiger partial charge in [0.05, 0.1) is 11.8 Å². The topological polar surface area (TPSA) is 66.4 Å². The molecule has 0 saturated heterocycles. The van der Waals surface area contributed by atoms with Crippen LogP contribution in [0.15, 0.2) is 41.5 Å². The lowest BCUT2D eigenvalue weighted by molar-refractivity contribution is -0.149. The first kappa shape index (κ1) is 15.8. The van der Waals surface area contributed by atoms with E-state index in [2.05, 4.69) is 5.32 Å². The zero-order valence-corrected chi connectivity index (χ0v) is 13.6. The number of hydrogen-bond donors (Lipinski definition) is 2. The van der Waals surface area contributed by atoms with Crippen molar-refractivity contribution in [3.05, 3.63) is 47.0 Å². The number of carbonyl (C=O) groups is 2. The molecule has 2 fully saturated rings. The molecule has 1 aromatic rings. The van der Waals surface area contributed by atoms with Crippen molar-refractivity contribution in [1.29, 1.82) is 0 Å². The highest BCUT2D eigenvalue weighted by Crippen LogP contribution is 2.57. The molecule has 2 saturated carbocycles. The highest BCUT2D eigenvalue weighted by Gasteiger charge is 2.57. The number of aliphatic carboxylic acids is 1. The monoisotopic (exact) mass is 313 g/mol. The first-order valence-corrected chi connectivity index (χ1v) is 8.22. The number of fused-ring (bicyclic) bond motifs is 2. The lowest BCUT2D eigenvalue weighted by Gasteiger charge is -2.26. The van der Waals surface area contributed by atoms with Crippen LogP contribution >= 0.6 is 0 Å². The Morgan fingerprint density at radius 1 is 1.09 bits per heavy atom. The Kier molecular flexibility index (Phi) is 4.24. The van der Waals surface area contributed by atoms with E-state index < -0.39 is 17.8 Å². The van der Waals surface area contributed by atoms with Gasteiger partial charge in [0, 0.05) is 6.54 Å². The summed E-state index contributed by atoms with van der Waals surface area (Å²) < 4.78 is 0. The van der Waals surface area contributed by atoms with Gasteiger partial charge in [0.1, 0.15) is 0 Å². The molecule has 4 heteroatoms. The fourth-order valence-corrected chi connectivity index (χ4v) is 4.51. The molecule has 0 aromatic heterocycles. The number of carboxylic acid groups (broad SMARTS) is 1. The van der Waals surface area contributed by atoms with Crippen molar-refractivity contribution in [2.45, 2.75) is 33.2 Å². The van der Waals surface area contributed by atoms with E-state index in [1.54, 1.807) is 0 Å². The summed E-state index contributed by atoms with van der Waals surface area (Å²) in [6.45, 7) is 4.51. The molecule has 2 aliphatic rings. The van der Waals surface area contributed by atoms with Gasteiger partial charge in [-0.2, -0.15) is 0 Å². The maximum atomic E-state index is 12.7. The van der Waals surface area contributed by atoms with E-state index >= 15 is 0 Å². The van der Waals surface area contributed by atoms with Crippen molar-refractivity contribution >= 4 is 11.9 Å². The van der Waals surface area contributed by atoms with Gasteiger partial charge in [0.2, 0.25) is 5.91 Å². The van der Waals surface area contributed by atoms with Crippen molar-refractivity contribution in [3.63, 3.8) is 0 Å². The Labute approximate surface area is 136 Å². The number of benzene rings is 1. The van der Waals surface area contributed by atoms with E-state index in [0.717, 1.165) is 18.4 Å². The van der Waals surface area contributed by atoms with Crippen LogP contribution in [0.1, 0.15) is 32.3 Å². The lowest BCUT2D eigenvalue weighted by Crippen LogP contribution is -2.41. The van der Waals surface area contributed by atoms with Gasteiger partial charge in [-0.05, 0) is 44.1 Å². The fourth-order valence-electron chi connectivity index (χ4n) is 4.51. The molecule has 0 heterocycles. The number of rotatable bonds is 4. The Balaban J connectivity index is 1.79. The van der Waals surface area contributed by atoms with Crippen LogP contribution in [0.25, 0.3) is 0 Å². The maximum Gasteiger partial charge on any atom is 0.307 e. The predicted octanol–water partition coefficient (Wildman–Crippen LogP) is 3.00. The van der Waals surface area contributed by atoms with Gasteiger partial charge in [-0.3, -0.25) is 9.59 Å². The van der Waals surface area contributed by atoms with Crippen LogP contribution in [0.3, 0.4) is 0 Å². The molecule has 1 aromatic carbocycles. The van der Waals surface area contributed by atoms with Gasteiger partial charge in [-0.25, -0.2) is 0 Å². The molecule has 2 N–H and O–H groups in total. The summed E-state index contributed by atoms with van der Waals surface area (Å²) in [6, 6.07) is 9.71. The third kappa shape index (κ3) is 2.78. The Morgan fingerprint density at radius 2 is 1.70 bits per heavy atom. The number of carboxylic acids is 1. The van der Waals surface area contributed by atoms with Crippen LogP contribution in [0.4, 0.5) is 0 Å². The van der Waals surface area contributed by atoms with Crippen LogP contribution < -0.4 is 5.32 Å². The second-order valence-corrected chi connectivity index (χ2v) is 6.84. The molecule has 0 unspecified atom stereocenters. The SMILES string of the molecule is CC(C)=C1[C@H]2CC[C@@H]1[C@H](C(=O)O)[C@@H]2C(=O)NCc1ccccc1. The molecular formula is C19H23NO3. The average molecular weight is 313 g/mol. The van der Waals surface area contributed by atoms with E-state index in [0.29, 0.717) is 6.54 Å². The summed E-state index contributed by atoms with van der Waals surface area (Å²) >= 11 is 0. The minimum absolute atomic E-state index is 0.0370. The van der Waals surface area contributed by atoms with Crippen molar-refractivity contribution in [1.82, 2.24) is 5.32 Å². The second kappa shape index (κ2) is 6.19. The van der Waals surface area contributed by atoms with E-state index in [-0.39, 0.29) is 17.7 Å². The number of amides is 1. The molecule has 122 valence electrons. The largest absolute Gasteiger partial charge is 0.481 e. The Hall–Kier alpha value is -2.10. The molecule has 0 spiro atoms. The summed E-state index contributed by atoms with van der Waals surface area (Å²) in [5, 5.41) is 12.6. The summed E-state index contributed by atoms with van der Waals surface area (Å²) in [4.78, 5) is 24.4. The maximum absolute atomic E-state index is 12.7. The van der Waals surface area contributed by atoms with Gasteiger partial charge < -0.3 is 10.4 Å². The fraction of sp³-hybridized carbons (Fsp3) is 0.474. The van der Waals surface area contributed by atoms with Crippen LogP contribution in [0.5, 0.6) is 0 Å². The van der Waals surface area contributed by atoms with Crippen LogP contribution in [-0.2, 0) is 16.1 Å². The first-order valence-electron chi connectivity index (χ1n) is 8.22. The molecule has 3 rings (SSSR count). The number of carbonyl (C=O) groups excluding carboxylic acids is 1. The van der Waals surface area contributed by atoms with Crippen molar-refractivity contribution in [2.24, 2.45) is 23.7 Å². The molecule has 0 aliphatic heterocycles. The van der Waals surface area contributed by atoms with Gasteiger partial charge in [-0.15, -0.1) is 0 Å². The predicted molar refractivity (Wildman–Crippen MR) is 87.5 cm³/mol. The van der Waals surface area contributed by atoms with E-state index in [1.165, 1.54) is 11.1 Å². The zero-order chi connectivity index (χ0) is 16.6. The molecular weight excluding hydrogens is 290 g/mol. The van der Waals surface area contributed by atoms with Gasteiger partial charge in [0.25, 0.3) is 0 Å². The highest BCUT2D eigenvalue weighted by atomic mass is 16.4. The van der Waals surface area contributed by atoms with Gasteiger partial charge in [-0.1, -0.05) is 41.5 Å². The smallest absolute Gasteiger partial charge is 0.307 e. The molecule has 23 heavy (non-hydrogen) atoms. The van der Waals surface area contributed by atoms with E-state index in [9.17, 15) is 14.7 Å².